The van der Waals surface area contributed by atoms with Crippen LogP contribution in [0.15, 0.2) is 60.9 Å². The Balaban J connectivity index is 1.68. The molecule has 0 radical (unpaired) electrons. The normalized spacial score (nSPS) is 10.8. The Labute approximate surface area is 153 Å². The van der Waals surface area contributed by atoms with E-state index in [0.717, 1.165) is 5.56 Å². The average molecular weight is 378 g/mol. The molecule has 1 aromatic heterocycles. The number of amides is 1. The zero-order valence-electron chi connectivity index (χ0n) is 13.4. The van der Waals surface area contributed by atoms with Crippen LogP contribution in [0.25, 0.3) is 0 Å². The van der Waals surface area contributed by atoms with E-state index in [1.165, 1.54) is 24.4 Å². The number of nitrogens with one attached hydrogen (secondary N) is 1. The van der Waals surface area contributed by atoms with Crippen LogP contribution in [0.2, 0.25) is 5.02 Å². The molecule has 134 valence electrons. The first-order chi connectivity index (χ1) is 12.5. The second-order valence-electron chi connectivity index (χ2n) is 5.38. The third-order valence-electron chi connectivity index (χ3n) is 3.50. The molecule has 0 aliphatic heterocycles. The zero-order valence-corrected chi connectivity index (χ0v) is 14.2. The van der Waals surface area contributed by atoms with E-state index in [-0.39, 0.29) is 5.75 Å². The van der Waals surface area contributed by atoms with Crippen molar-refractivity contribution in [1.82, 2.24) is 9.78 Å². The molecule has 0 bridgehead atoms. The molecule has 0 saturated heterocycles. The number of alkyl halides is 2. The number of aromatic nitrogens is 2. The maximum Gasteiger partial charge on any atom is 0.387 e. The molecule has 0 saturated carbocycles. The summed E-state index contributed by atoms with van der Waals surface area (Å²) >= 11 is 6.12. The number of benzene rings is 2. The Morgan fingerprint density at radius 2 is 2.04 bits per heavy atom. The van der Waals surface area contributed by atoms with Crippen LogP contribution in [0, 0.1) is 0 Å². The van der Waals surface area contributed by atoms with Gasteiger partial charge in [-0.15, -0.1) is 0 Å². The van der Waals surface area contributed by atoms with Crippen LogP contribution in [0.5, 0.6) is 5.75 Å². The summed E-state index contributed by atoms with van der Waals surface area (Å²) < 4.78 is 30.4. The van der Waals surface area contributed by atoms with E-state index in [9.17, 15) is 13.6 Å². The highest BCUT2D eigenvalue weighted by molar-refractivity contribution is 6.31. The number of halogens is 3. The van der Waals surface area contributed by atoms with Crippen molar-refractivity contribution in [3.8, 4) is 5.75 Å². The van der Waals surface area contributed by atoms with Crippen LogP contribution in [0.4, 0.5) is 14.5 Å². The molecule has 5 nitrogen and oxygen atoms in total. The summed E-state index contributed by atoms with van der Waals surface area (Å²) in [4.78, 5) is 12.3. The fourth-order valence-electron chi connectivity index (χ4n) is 2.32. The van der Waals surface area contributed by atoms with Gasteiger partial charge in [-0.05, 0) is 23.8 Å². The molecule has 0 aliphatic rings. The molecule has 0 spiro atoms. The maximum absolute atomic E-state index is 12.3. The van der Waals surface area contributed by atoms with E-state index in [1.54, 1.807) is 23.0 Å². The van der Waals surface area contributed by atoms with Crippen LogP contribution in [-0.2, 0) is 6.54 Å². The van der Waals surface area contributed by atoms with Gasteiger partial charge in [-0.25, -0.2) is 0 Å². The molecule has 1 N–H and O–H groups in total. The minimum absolute atomic E-state index is 0.0350. The molecule has 0 fully saturated rings. The Hall–Kier alpha value is -2.93. The number of hydrogen-bond acceptors (Lipinski definition) is 3. The predicted octanol–water partition coefficient (Wildman–Crippen LogP) is 4.44. The monoisotopic (exact) mass is 377 g/mol. The van der Waals surface area contributed by atoms with Crippen LogP contribution in [0.1, 0.15) is 15.9 Å². The largest absolute Gasteiger partial charge is 0.435 e. The number of carbonyl (C=O) groups is 1. The quantitative estimate of drug-likeness (QED) is 0.691. The molecular formula is C18H14ClF2N3O2. The summed E-state index contributed by atoms with van der Waals surface area (Å²) in [5, 5.41) is 7.38. The van der Waals surface area contributed by atoms with Crippen LogP contribution >= 0.6 is 11.6 Å². The van der Waals surface area contributed by atoms with Gasteiger partial charge in [0.05, 0.1) is 18.3 Å². The number of anilines is 1. The van der Waals surface area contributed by atoms with E-state index in [4.69, 9.17) is 11.6 Å². The lowest BCUT2D eigenvalue weighted by molar-refractivity contribution is -0.0497. The van der Waals surface area contributed by atoms with Gasteiger partial charge in [0.1, 0.15) is 5.75 Å². The highest BCUT2D eigenvalue weighted by Gasteiger charge is 2.11. The summed E-state index contributed by atoms with van der Waals surface area (Å²) in [5.74, 6) is -0.447. The Kier molecular flexibility index (Phi) is 5.48. The van der Waals surface area contributed by atoms with Gasteiger partial charge in [0, 0.05) is 23.0 Å². The van der Waals surface area contributed by atoms with Gasteiger partial charge >= 0.3 is 6.61 Å². The van der Waals surface area contributed by atoms with Gasteiger partial charge in [0.2, 0.25) is 0 Å². The minimum atomic E-state index is -2.93. The third kappa shape index (κ3) is 4.58. The topological polar surface area (TPSA) is 56.1 Å². The standard InChI is InChI=1S/C18H14ClF2N3O2/c19-16-7-2-1-4-12(16)10-24-11-13(9-22-24)17(25)23-14-5-3-6-15(8-14)26-18(20)21/h1-9,11,18H,10H2,(H,23,25). The Morgan fingerprint density at radius 1 is 1.23 bits per heavy atom. The van der Waals surface area contributed by atoms with Gasteiger partial charge in [-0.1, -0.05) is 35.9 Å². The molecule has 0 unspecified atom stereocenters. The van der Waals surface area contributed by atoms with E-state index >= 15 is 0 Å². The molecule has 3 aromatic rings. The molecular weight excluding hydrogens is 364 g/mol. The fraction of sp³-hybridized carbons (Fsp3) is 0.111. The van der Waals surface area contributed by atoms with Gasteiger partial charge in [0.25, 0.3) is 5.91 Å². The van der Waals surface area contributed by atoms with Crippen molar-refractivity contribution in [2.75, 3.05) is 5.32 Å². The van der Waals surface area contributed by atoms with Crippen molar-refractivity contribution in [3.63, 3.8) is 0 Å². The van der Waals surface area contributed by atoms with Crippen molar-refractivity contribution in [2.45, 2.75) is 13.2 Å². The molecule has 3 rings (SSSR count). The first-order valence-electron chi connectivity index (χ1n) is 7.63. The average Bonchev–Trinajstić information content (AvgIpc) is 3.05. The highest BCUT2D eigenvalue weighted by atomic mass is 35.5. The number of nitrogens with zero attached hydrogens (tertiary/aromatic N) is 2. The van der Waals surface area contributed by atoms with E-state index in [0.29, 0.717) is 22.8 Å². The summed E-state index contributed by atoms with van der Waals surface area (Å²) in [6.45, 7) is -2.51. The van der Waals surface area contributed by atoms with Crippen molar-refractivity contribution in [2.24, 2.45) is 0 Å². The lowest BCUT2D eigenvalue weighted by atomic mass is 10.2. The SMILES string of the molecule is O=C(Nc1cccc(OC(F)F)c1)c1cnn(Cc2ccccc2Cl)c1. The second kappa shape index (κ2) is 7.97. The summed E-state index contributed by atoms with van der Waals surface area (Å²) in [6.07, 6.45) is 3.00. The maximum atomic E-state index is 12.3. The number of carbonyl (C=O) groups excluding carboxylic acids is 1. The van der Waals surface area contributed by atoms with Crippen molar-refractivity contribution in [1.29, 1.82) is 0 Å². The number of rotatable bonds is 6. The number of hydrogen-bond donors (Lipinski definition) is 1. The molecule has 2 aromatic carbocycles. The second-order valence-corrected chi connectivity index (χ2v) is 5.79. The Bertz CT molecular complexity index is 915. The van der Waals surface area contributed by atoms with E-state index < -0.39 is 12.5 Å². The van der Waals surface area contributed by atoms with E-state index in [1.807, 2.05) is 18.2 Å². The predicted molar refractivity (Wildman–Crippen MR) is 93.8 cm³/mol. The summed E-state index contributed by atoms with van der Waals surface area (Å²) in [5.41, 5.74) is 1.55. The molecule has 26 heavy (non-hydrogen) atoms. The molecule has 0 atom stereocenters. The van der Waals surface area contributed by atoms with Crippen molar-refractivity contribution >= 4 is 23.2 Å². The fourth-order valence-corrected chi connectivity index (χ4v) is 2.52. The Morgan fingerprint density at radius 3 is 2.81 bits per heavy atom. The van der Waals surface area contributed by atoms with Crippen molar-refractivity contribution in [3.05, 3.63) is 77.1 Å². The van der Waals surface area contributed by atoms with E-state index in [2.05, 4.69) is 15.2 Å². The van der Waals surface area contributed by atoms with Crippen LogP contribution < -0.4 is 10.1 Å². The van der Waals surface area contributed by atoms with Crippen molar-refractivity contribution < 1.29 is 18.3 Å². The first-order valence-corrected chi connectivity index (χ1v) is 8.01. The van der Waals surface area contributed by atoms with Crippen LogP contribution in [0.3, 0.4) is 0 Å². The lowest BCUT2D eigenvalue weighted by Crippen LogP contribution is -2.11. The molecule has 1 heterocycles. The highest BCUT2D eigenvalue weighted by Crippen LogP contribution is 2.20. The first kappa shape index (κ1) is 17.9. The minimum Gasteiger partial charge on any atom is -0.435 e. The summed E-state index contributed by atoms with van der Waals surface area (Å²) in [7, 11) is 0. The molecule has 0 aliphatic carbocycles. The lowest BCUT2D eigenvalue weighted by Gasteiger charge is -2.07. The van der Waals surface area contributed by atoms with Gasteiger partial charge in [0.15, 0.2) is 0 Å². The van der Waals surface area contributed by atoms with Gasteiger partial charge < -0.3 is 10.1 Å². The summed E-state index contributed by atoms with van der Waals surface area (Å²) in [6, 6.07) is 13.1. The van der Waals surface area contributed by atoms with Gasteiger partial charge in [-0.2, -0.15) is 13.9 Å². The third-order valence-corrected chi connectivity index (χ3v) is 3.87. The van der Waals surface area contributed by atoms with Crippen LogP contribution in [-0.4, -0.2) is 22.3 Å². The number of ether oxygens (including phenoxy) is 1. The molecule has 8 heteroatoms. The zero-order chi connectivity index (χ0) is 18.5. The smallest absolute Gasteiger partial charge is 0.387 e. The van der Waals surface area contributed by atoms with Gasteiger partial charge in [-0.3, -0.25) is 9.48 Å². The molecule has 1 amide bonds.